The summed E-state index contributed by atoms with van der Waals surface area (Å²) in [6, 6.07) is 0. The molecule has 80 valence electrons. The van der Waals surface area contributed by atoms with E-state index in [1.54, 1.807) is 18.4 Å². The summed E-state index contributed by atoms with van der Waals surface area (Å²) in [5.41, 5.74) is 0. The van der Waals surface area contributed by atoms with Crippen molar-refractivity contribution in [1.82, 2.24) is 10.3 Å². The maximum absolute atomic E-state index is 4.94. The Morgan fingerprint density at radius 1 is 1.57 bits per heavy atom. The van der Waals surface area contributed by atoms with Gasteiger partial charge in [0.05, 0.1) is 6.61 Å². The molecule has 14 heavy (non-hydrogen) atoms. The fraction of sp³-hybridized carbons (Fsp3) is 0.700. The monoisotopic (exact) mass is 214 g/mol. The molecule has 0 fully saturated rings. The number of methoxy groups -OCH3 is 1. The first-order chi connectivity index (χ1) is 6.74. The molecule has 0 amide bonds. The molecule has 1 rings (SSSR count). The Bertz CT molecular complexity index is 260. The predicted octanol–water partition coefficient (Wildman–Crippen LogP) is 2.00. The van der Waals surface area contributed by atoms with Gasteiger partial charge in [0.1, 0.15) is 5.01 Å². The molecule has 1 heterocycles. The number of rotatable bonds is 6. The van der Waals surface area contributed by atoms with Gasteiger partial charge in [0.25, 0.3) is 0 Å². The molecule has 1 N–H and O–H groups in total. The first-order valence-electron chi connectivity index (χ1n) is 4.88. The van der Waals surface area contributed by atoms with Crippen LogP contribution in [0.2, 0.25) is 0 Å². The SMILES string of the molecule is COCCNCc1ncc(C(C)C)s1. The molecule has 1 aromatic heterocycles. The Kier molecular flexibility index (Phi) is 5.07. The maximum Gasteiger partial charge on any atom is 0.107 e. The zero-order chi connectivity index (χ0) is 10.4. The van der Waals surface area contributed by atoms with Gasteiger partial charge in [-0.05, 0) is 5.92 Å². The third-order valence-electron chi connectivity index (χ3n) is 1.90. The molecule has 0 aliphatic carbocycles. The van der Waals surface area contributed by atoms with E-state index in [0.29, 0.717) is 5.92 Å². The molecule has 0 aromatic carbocycles. The highest BCUT2D eigenvalue weighted by molar-refractivity contribution is 7.11. The molecule has 1 aromatic rings. The van der Waals surface area contributed by atoms with Gasteiger partial charge in [-0.15, -0.1) is 11.3 Å². The fourth-order valence-electron chi connectivity index (χ4n) is 1.04. The Morgan fingerprint density at radius 2 is 2.36 bits per heavy atom. The van der Waals surface area contributed by atoms with Crippen LogP contribution in [0.3, 0.4) is 0 Å². The Hall–Kier alpha value is -0.450. The van der Waals surface area contributed by atoms with E-state index in [9.17, 15) is 0 Å². The lowest BCUT2D eigenvalue weighted by Crippen LogP contribution is -2.18. The molecule has 0 aliphatic heterocycles. The first kappa shape index (κ1) is 11.6. The van der Waals surface area contributed by atoms with Gasteiger partial charge in [0.15, 0.2) is 0 Å². The predicted molar refractivity (Wildman–Crippen MR) is 59.8 cm³/mol. The zero-order valence-electron chi connectivity index (χ0n) is 9.04. The summed E-state index contributed by atoms with van der Waals surface area (Å²) in [6.07, 6.45) is 1.97. The van der Waals surface area contributed by atoms with Crippen LogP contribution in [0.4, 0.5) is 0 Å². The third-order valence-corrected chi connectivity index (χ3v) is 3.20. The molecular weight excluding hydrogens is 196 g/mol. The summed E-state index contributed by atoms with van der Waals surface area (Å²) in [6.45, 7) is 6.86. The van der Waals surface area contributed by atoms with Crippen molar-refractivity contribution in [3.8, 4) is 0 Å². The second kappa shape index (κ2) is 6.11. The highest BCUT2D eigenvalue weighted by atomic mass is 32.1. The lowest BCUT2D eigenvalue weighted by molar-refractivity contribution is 0.199. The Labute approximate surface area is 89.5 Å². The van der Waals surface area contributed by atoms with Crippen molar-refractivity contribution < 1.29 is 4.74 Å². The number of hydrogen-bond acceptors (Lipinski definition) is 4. The quantitative estimate of drug-likeness (QED) is 0.735. The molecule has 0 atom stereocenters. The van der Waals surface area contributed by atoms with E-state index < -0.39 is 0 Å². The fourth-order valence-corrected chi connectivity index (χ4v) is 1.94. The molecule has 0 aliphatic rings. The summed E-state index contributed by atoms with van der Waals surface area (Å²) < 4.78 is 4.94. The van der Waals surface area contributed by atoms with E-state index in [-0.39, 0.29) is 0 Å². The molecule has 0 bridgehead atoms. The van der Waals surface area contributed by atoms with E-state index in [4.69, 9.17) is 4.74 Å². The summed E-state index contributed by atoms with van der Waals surface area (Å²) in [5.74, 6) is 0.584. The van der Waals surface area contributed by atoms with Gasteiger partial charge >= 0.3 is 0 Å². The molecular formula is C10H18N2OS. The maximum atomic E-state index is 4.94. The highest BCUT2D eigenvalue weighted by Gasteiger charge is 2.04. The van der Waals surface area contributed by atoms with Crippen molar-refractivity contribution in [1.29, 1.82) is 0 Å². The number of ether oxygens (including phenoxy) is 1. The third kappa shape index (κ3) is 3.74. The summed E-state index contributed by atoms with van der Waals surface area (Å²) in [7, 11) is 1.71. The highest BCUT2D eigenvalue weighted by Crippen LogP contribution is 2.21. The number of nitrogens with zero attached hydrogens (tertiary/aromatic N) is 1. The standard InChI is InChI=1S/C10H18N2OS/c1-8(2)9-6-12-10(14-9)7-11-4-5-13-3/h6,8,11H,4-5,7H2,1-3H3. The number of hydrogen-bond donors (Lipinski definition) is 1. The summed E-state index contributed by atoms with van der Waals surface area (Å²) in [4.78, 5) is 5.71. The number of thiazole rings is 1. The van der Waals surface area contributed by atoms with Crippen LogP contribution in [-0.2, 0) is 11.3 Å². The van der Waals surface area contributed by atoms with Crippen molar-refractivity contribution in [2.75, 3.05) is 20.3 Å². The minimum absolute atomic E-state index is 0.584. The van der Waals surface area contributed by atoms with E-state index in [0.717, 1.165) is 24.7 Å². The van der Waals surface area contributed by atoms with Crippen molar-refractivity contribution in [2.45, 2.75) is 26.3 Å². The number of aromatic nitrogens is 1. The van der Waals surface area contributed by atoms with Crippen LogP contribution < -0.4 is 5.32 Å². The Balaban J connectivity index is 2.29. The molecule has 0 spiro atoms. The molecule has 0 saturated carbocycles. The van der Waals surface area contributed by atoms with Gasteiger partial charge in [0.2, 0.25) is 0 Å². The zero-order valence-corrected chi connectivity index (χ0v) is 9.86. The van der Waals surface area contributed by atoms with Gasteiger partial charge in [-0.25, -0.2) is 4.98 Å². The van der Waals surface area contributed by atoms with E-state index in [1.807, 2.05) is 6.20 Å². The van der Waals surface area contributed by atoms with Crippen molar-refractivity contribution in [2.24, 2.45) is 0 Å². The van der Waals surface area contributed by atoms with Gasteiger partial charge in [-0.3, -0.25) is 0 Å². The van der Waals surface area contributed by atoms with Crippen molar-refractivity contribution in [3.63, 3.8) is 0 Å². The first-order valence-corrected chi connectivity index (χ1v) is 5.70. The van der Waals surface area contributed by atoms with Gasteiger partial charge < -0.3 is 10.1 Å². The van der Waals surface area contributed by atoms with Crippen LogP contribution in [0, 0.1) is 0 Å². The van der Waals surface area contributed by atoms with E-state index in [1.165, 1.54) is 4.88 Å². The largest absolute Gasteiger partial charge is 0.383 e. The van der Waals surface area contributed by atoms with Crippen LogP contribution in [-0.4, -0.2) is 25.2 Å². The van der Waals surface area contributed by atoms with Gasteiger partial charge in [-0.2, -0.15) is 0 Å². The van der Waals surface area contributed by atoms with Crippen LogP contribution in [0.1, 0.15) is 29.7 Å². The van der Waals surface area contributed by atoms with Gasteiger partial charge in [0, 0.05) is 31.3 Å². The average molecular weight is 214 g/mol. The average Bonchev–Trinajstić information content (AvgIpc) is 2.61. The van der Waals surface area contributed by atoms with Crippen molar-refractivity contribution in [3.05, 3.63) is 16.1 Å². The second-order valence-corrected chi connectivity index (χ2v) is 4.63. The molecule has 0 unspecified atom stereocenters. The lowest BCUT2D eigenvalue weighted by Gasteiger charge is -2.00. The Morgan fingerprint density at radius 3 is 2.93 bits per heavy atom. The van der Waals surface area contributed by atoms with Crippen LogP contribution >= 0.6 is 11.3 Å². The topological polar surface area (TPSA) is 34.1 Å². The minimum Gasteiger partial charge on any atom is -0.383 e. The molecule has 0 saturated heterocycles. The minimum atomic E-state index is 0.584. The summed E-state index contributed by atoms with van der Waals surface area (Å²) in [5, 5.41) is 4.43. The van der Waals surface area contributed by atoms with Crippen LogP contribution in [0.15, 0.2) is 6.20 Å². The smallest absolute Gasteiger partial charge is 0.107 e. The lowest BCUT2D eigenvalue weighted by atomic mass is 10.2. The van der Waals surface area contributed by atoms with E-state index >= 15 is 0 Å². The number of nitrogens with one attached hydrogen (secondary N) is 1. The molecule has 3 nitrogen and oxygen atoms in total. The second-order valence-electron chi connectivity index (χ2n) is 3.48. The van der Waals surface area contributed by atoms with Crippen LogP contribution in [0.5, 0.6) is 0 Å². The van der Waals surface area contributed by atoms with E-state index in [2.05, 4.69) is 24.1 Å². The molecule has 0 radical (unpaired) electrons. The van der Waals surface area contributed by atoms with Crippen LogP contribution in [0.25, 0.3) is 0 Å². The van der Waals surface area contributed by atoms with Gasteiger partial charge in [-0.1, -0.05) is 13.8 Å². The normalized spacial score (nSPS) is 11.1. The van der Waals surface area contributed by atoms with Crippen molar-refractivity contribution >= 4 is 11.3 Å². The summed E-state index contributed by atoms with van der Waals surface area (Å²) >= 11 is 1.78. The molecule has 4 heteroatoms.